The Balaban J connectivity index is 2.60. The van der Waals surface area contributed by atoms with E-state index < -0.39 is 0 Å². The molecule has 19 heavy (non-hydrogen) atoms. The highest BCUT2D eigenvalue weighted by Gasteiger charge is 2.10. The lowest BCUT2D eigenvalue weighted by Crippen LogP contribution is -2.30. The lowest BCUT2D eigenvalue weighted by atomic mass is 10.2. The van der Waals surface area contributed by atoms with Crippen LogP contribution in [0.5, 0.6) is 0 Å². The Hall–Kier alpha value is -1.26. The lowest BCUT2D eigenvalue weighted by molar-refractivity contribution is -0.116. The van der Waals surface area contributed by atoms with E-state index in [-0.39, 0.29) is 11.9 Å². The van der Waals surface area contributed by atoms with Gasteiger partial charge >= 0.3 is 0 Å². The summed E-state index contributed by atoms with van der Waals surface area (Å²) in [6.45, 7) is 8.64. The Morgan fingerprint density at radius 2 is 2.21 bits per heavy atom. The number of thioether (sulfide) groups is 1. The van der Waals surface area contributed by atoms with Crippen LogP contribution < -0.4 is 10.6 Å². The number of nitrogens with one attached hydrogen (secondary N) is 2. The largest absolute Gasteiger partial charge is 0.325 e. The highest BCUT2D eigenvalue weighted by Crippen LogP contribution is 2.27. The second-order valence-electron chi connectivity index (χ2n) is 4.31. The van der Waals surface area contributed by atoms with Crippen LogP contribution in [-0.2, 0) is 4.79 Å². The van der Waals surface area contributed by atoms with Gasteiger partial charge in [0.1, 0.15) is 0 Å². The molecule has 2 N–H and O–H groups in total. The number of benzene rings is 1. The molecule has 0 aromatic heterocycles. The summed E-state index contributed by atoms with van der Waals surface area (Å²) in [6.07, 6.45) is 2.34. The number of rotatable bonds is 8. The van der Waals surface area contributed by atoms with Gasteiger partial charge in [0.2, 0.25) is 5.91 Å². The first-order valence-corrected chi connectivity index (χ1v) is 7.51. The smallest absolute Gasteiger partial charge is 0.225 e. The van der Waals surface area contributed by atoms with Crippen LogP contribution in [0.2, 0.25) is 0 Å². The van der Waals surface area contributed by atoms with E-state index >= 15 is 0 Å². The van der Waals surface area contributed by atoms with Crippen molar-refractivity contribution in [3.05, 3.63) is 36.9 Å². The topological polar surface area (TPSA) is 41.1 Å². The molecule has 4 heteroatoms. The number of hydrogen-bond donors (Lipinski definition) is 2. The minimum atomic E-state index is 0.0418. The van der Waals surface area contributed by atoms with Crippen LogP contribution in [-0.4, -0.2) is 24.2 Å². The third-order valence-corrected chi connectivity index (χ3v) is 3.63. The predicted octanol–water partition coefficient (Wildman–Crippen LogP) is 3.29. The average molecular weight is 278 g/mol. The quantitative estimate of drug-likeness (QED) is 0.566. The summed E-state index contributed by atoms with van der Waals surface area (Å²) in [7, 11) is 0. The van der Waals surface area contributed by atoms with Gasteiger partial charge in [-0.25, -0.2) is 0 Å². The molecule has 0 spiro atoms. The second kappa shape index (κ2) is 8.77. The molecule has 1 rings (SSSR count). The van der Waals surface area contributed by atoms with Crippen molar-refractivity contribution in [1.29, 1.82) is 0 Å². The number of hydrogen-bond acceptors (Lipinski definition) is 3. The fourth-order valence-electron chi connectivity index (χ4n) is 1.74. The molecule has 0 aliphatic heterocycles. The Bertz CT molecular complexity index is 420. The number of para-hydroxylation sites is 1. The molecule has 1 aromatic rings. The van der Waals surface area contributed by atoms with Gasteiger partial charge in [-0.3, -0.25) is 4.79 Å². The maximum atomic E-state index is 11.9. The summed E-state index contributed by atoms with van der Waals surface area (Å²) in [6, 6.07) is 8.04. The third-order valence-electron chi connectivity index (χ3n) is 2.56. The van der Waals surface area contributed by atoms with Gasteiger partial charge in [0.05, 0.1) is 5.69 Å². The maximum absolute atomic E-state index is 11.9. The molecular weight excluding hydrogens is 256 g/mol. The Morgan fingerprint density at radius 1 is 1.47 bits per heavy atom. The number of carbonyl (C=O) groups excluding carboxylic acids is 1. The molecule has 0 aliphatic rings. The zero-order valence-corrected chi connectivity index (χ0v) is 12.4. The van der Waals surface area contributed by atoms with E-state index in [9.17, 15) is 4.79 Å². The van der Waals surface area contributed by atoms with Gasteiger partial charge < -0.3 is 10.6 Å². The summed E-state index contributed by atoms with van der Waals surface area (Å²) in [5.41, 5.74) is 0.878. The first-order valence-electron chi connectivity index (χ1n) is 6.53. The molecule has 0 aliphatic carbocycles. The molecule has 1 unspecified atom stereocenters. The van der Waals surface area contributed by atoms with Gasteiger partial charge in [-0.05, 0) is 25.6 Å². The second-order valence-corrected chi connectivity index (χ2v) is 5.37. The van der Waals surface area contributed by atoms with Crippen molar-refractivity contribution in [2.75, 3.05) is 17.6 Å². The van der Waals surface area contributed by atoms with Crippen LogP contribution in [0.4, 0.5) is 5.69 Å². The van der Waals surface area contributed by atoms with Gasteiger partial charge in [-0.1, -0.05) is 25.1 Å². The summed E-state index contributed by atoms with van der Waals surface area (Å²) in [4.78, 5) is 13.0. The highest BCUT2D eigenvalue weighted by atomic mass is 32.2. The van der Waals surface area contributed by atoms with Crippen LogP contribution in [0.3, 0.4) is 0 Å². The van der Waals surface area contributed by atoms with Crippen LogP contribution in [0.1, 0.15) is 20.3 Å². The van der Waals surface area contributed by atoms with Crippen LogP contribution >= 0.6 is 11.8 Å². The Kier molecular flexibility index (Phi) is 7.30. The molecule has 1 amide bonds. The summed E-state index contributed by atoms with van der Waals surface area (Å²) < 4.78 is 0. The van der Waals surface area contributed by atoms with E-state index in [0.29, 0.717) is 6.42 Å². The molecule has 104 valence electrons. The molecule has 1 atom stereocenters. The molecule has 0 heterocycles. The van der Waals surface area contributed by atoms with Crippen molar-refractivity contribution < 1.29 is 4.79 Å². The van der Waals surface area contributed by atoms with Crippen molar-refractivity contribution in [3.63, 3.8) is 0 Å². The molecule has 0 bridgehead atoms. The Labute approximate surface area is 119 Å². The molecule has 0 saturated heterocycles. The van der Waals surface area contributed by atoms with Crippen molar-refractivity contribution in [2.45, 2.75) is 31.2 Å². The third kappa shape index (κ3) is 5.94. The minimum absolute atomic E-state index is 0.0418. The van der Waals surface area contributed by atoms with Gasteiger partial charge in [-0.2, -0.15) is 0 Å². The lowest BCUT2D eigenvalue weighted by Gasteiger charge is -2.14. The Morgan fingerprint density at radius 3 is 2.89 bits per heavy atom. The first-order chi connectivity index (χ1) is 9.17. The molecule has 0 fully saturated rings. The predicted molar refractivity (Wildman–Crippen MR) is 83.7 cm³/mol. The van der Waals surface area contributed by atoms with E-state index in [0.717, 1.165) is 22.9 Å². The van der Waals surface area contributed by atoms with Crippen LogP contribution in [0.15, 0.2) is 41.8 Å². The maximum Gasteiger partial charge on any atom is 0.225 e. The van der Waals surface area contributed by atoms with E-state index in [1.54, 1.807) is 11.8 Å². The molecule has 0 saturated carbocycles. The van der Waals surface area contributed by atoms with Crippen molar-refractivity contribution in [3.8, 4) is 0 Å². The number of carbonyl (C=O) groups is 1. The monoisotopic (exact) mass is 278 g/mol. The van der Waals surface area contributed by atoms with Gasteiger partial charge in [-0.15, -0.1) is 18.3 Å². The summed E-state index contributed by atoms with van der Waals surface area (Å²) in [5.74, 6) is 0.876. The molecular formula is C15H22N2OS. The van der Waals surface area contributed by atoms with Gasteiger partial charge in [0.15, 0.2) is 0 Å². The fourth-order valence-corrected chi connectivity index (χ4v) is 2.49. The zero-order valence-electron chi connectivity index (χ0n) is 11.6. The standard InChI is InChI=1S/C15H22N2OS/c1-4-10-19-14-9-7-6-8-13(14)17-15(18)11-12(3)16-5-2/h4,6-9,12,16H,1,5,10-11H2,2-3H3,(H,17,18). The fraction of sp³-hybridized carbons (Fsp3) is 0.400. The van der Waals surface area contributed by atoms with E-state index in [1.807, 2.05) is 44.2 Å². The summed E-state index contributed by atoms with van der Waals surface area (Å²) in [5, 5.41) is 6.21. The minimum Gasteiger partial charge on any atom is -0.325 e. The van der Waals surface area contributed by atoms with Crippen molar-refractivity contribution >= 4 is 23.4 Å². The SMILES string of the molecule is C=CCSc1ccccc1NC(=O)CC(C)NCC. The molecule has 0 radical (unpaired) electrons. The highest BCUT2D eigenvalue weighted by molar-refractivity contribution is 7.99. The molecule has 3 nitrogen and oxygen atoms in total. The van der Waals surface area contributed by atoms with Crippen LogP contribution in [0.25, 0.3) is 0 Å². The van der Waals surface area contributed by atoms with E-state index in [2.05, 4.69) is 17.2 Å². The van der Waals surface area contributed by atoms with Gasteiger partial charge in [0.25, 0.3) is 0 Å². The zero-order chi connectivity index (χ0) is 14.1. The van der Waals surface area contributed by atoms with Crippen LogP contribution in [0, 0.1) is 0 Å². The van der Waals surface area contributed by atoms with E-state index in [1.165, 1.54) is 0 Å². The average Bonchev–Trinajstić information content (AvgIpc) is 2.37. The van der Waals surface area contributed by atoms with Crippen molar-refractivity contribution in [1.82, 2.24) is 5.32 Å². The van der Waals surface area contributed by atoms with Gasteiger partial charge in [0, 0.05) is 23.1 Å². The summed E-state index contributed by atoms with van der Waals surface area (Å²) >= 11 is 1.67. The normalized spacial score (nSPS) is 11.9. The first kappa shape index (κ1) is 15.8. The van der Waals surface area contributed by atoms with E-state index in [4.69, 9.17) is 0 Å². The van der Waals surface area contributed by atoms with Crippen molar-refractivity contribution in [2.24, 2.45) is 0 Å². The number of amides is 1. The molecule has 1 aromatic carbocycles. The number of anilines is 1.